The molecule has 0 spiro atoms. The van der Waals surface area contributed by atoms with Crippen molar-refractivity contribution >= 4 is 11.7 Å². The van der Waals surface area contributed by atoms with Gasteiger partial charge in [-0.1, -0.05) is 18.2 Å². The highest BCUT2D eigenvalue weighted by Gasteiger charge is 2.53. The minimum atomic E-state index is -1.01. The Balaban J connectivity index is 1.57. The summed E-state index contributed by atoms with van der Waals surface area (Å²) in [7, 11) is 0. The molecule has 0 aliphatic heterocycles. The van der Waals surface area contributed by atoms with E-state index in [0.29, 0.717) is 18.7 Å². The van der Waals surface area contributed by atoms with Gasteiger partial charge in [-0.25, -0.2) is 13.5 Å². The standard InChI is InChI=1S/C19H15F2N3O/c20-13-6-7-16(21)15(12-13)19(9-10-19)18(25)22-17-8-11-24(23-17)14-4-2-1-3-5-14/h1-8,11-12H,9-10H2,(H,22,23,25). The third-order valence-corrected chi connectivity index (χ3v) is 4.48. The van der Waals surface area contributed by atoms with Gasteiger partial charge in [-0.05, 0) is 43.2 Å². The second kappa shape index (κ2) is 5.81. The van der Waals surface area contributed by atoms with Crippen molar-refractivity contribution in [3.05, 3.63) is 78.0 Å². The van der Waals surface area contributed by atoms with Crippen molar-refractivity contribution in [1.82, 2.24) is 9.78 Å². The van der Waals surface area contributed by atoms with Crippen molar-refractivity contribution in [3.63, 3.8) is 0 Å². The Morgan fingerprint density at radius 3 is 2.56 bits per heavy atom. The predicted octanol–water partition coefficient (Wildman–Crippen LogP) is 3.82. The van der Waals surface area contributed by atoms with Crippen molar-refractivity contribution in [2.45, 2.75) is 18.3 Å². The summed E-state index contributed by atoms with van der Waals surface area (Å²) in [6, 6.07) is 14.3. The Morgan fingerprint density at radius 1 is 1.08 bits per heavy atom. The van der Waals surface area contributed by atoms with E-state index in [4.69, 9.17) is 0 Å². The van der Waals surface area contributed by atoms with Crippen LogP contribution in [0.3, 0.4) is 0 Å². The molecule has 6 heteroatoms. The first-order valence-electron chi connectivity index (χ1n) is 7.97. The molecular formula is C19H15F2N3O. The van der Waals surface area contributed by atoms with Crippen LogP contribution in [0, 0.1) is 11.6 Å². The van der Waals surface area contributed by atoms with Gasteiger partial charge >= 0.3 is 0 Å². The van der Waals surface area contributed by atoms with Gasteiger partial charge in [0.1, 0.15) is 11.6 Å². The molecule has 1 amide bonds. The summed E-state index contributed by atoms with van der Waals surface area (Å²) in [6.07, 6.45) is 2.70. The van der Waals surface area contributed by atoms with Crippen molar-refractivity contribution in [2.75, 3.05) is 5.32 Å². The van der Waals surface area contributed by atoms with Gasteiger partial charge in [-0.15, -0.1) is 0 Å². The van der Waals surface area contributed by atoms with Gasteiger partial charge in [0.05, 0.1) is 11.1 Å². The lowest BCUT2D eigenvalue weighted by molar-refractivity contribution is -0.118. The van der Waals surface area contributed by atoms with Gasteiger partial charge in [-0.2, -0.15) is 5.10 Å². The number of benzene rings is 2. The fourth-order valence-electron chi connectivity index (χ4n) is 2.96. The molecule has 4 rings (SSSR count). The summed E-state index contributed by atoms with van der Waals surface area (Å²) >= 11 is 0. The molecule has 1 fully saturated rings. The molecule has 1 heterocycles. The Labute approximate surface area is 143 Å². The summed E-state index contributed by atoms with van der Waals surface area (Å²) in [5, 5.41) is 7.03. The van der Waals surface area contributed by atoms with E-state index in [1.807, 2.05) is 30.3 Å². The highest BCUT2D eigenvalue weighted by atomic mass is 19.1. The summed E-state index contributed by atoms with van der Waals surface area (Å²) in [4.78, 5) is 12.7. The third-order valence-electron chi connectivity index (χ3n) is 4.48. The largest absolute Gasteiger partial charge is 0.308 e. The average Bonchev–Trinajstić information content (AvgIpc) is 3.31. The average molecular weight is 339 g/mol. The minimum Gasteiger partial charge on any atom is -0.308 e. The maximum absolute atomic E-state index is 14.1. The number of rotatable bonds is 4. The molecule has 2 aromatic carbocycles. The number of aromatic nitrogens is 2. The van der Waals surface area contributed by atoms with Gasteiger partial charge in [0.25, 0.3) is 0 Å². The molecule has 0 radical (unpaired) electrons. The minimum absolute atomic E-state index is 0.104. The number of carbonyl (C=O) groups is 1. The van der Waals surface area contributed by atoms with Gasteiger partial charge in [0, 0.05) is 17.8 Å². The summed E-state index contributed by atoms with van der Waals surface area (Å²) in [5.74, 6) is -1.11. The number of carbonyl (C=O) groups excluding carboxylic acids is 1. The number of hydrogen-bond acceptors (Lipinski definition) is 2. The second-order valence-electron chi connectivity index (χ2n) is 6.14. The predicted molar refractivity (Wildman–Crippen MR) is 89.5 cm³/mol. The van der Waals surface area contributed by atoms with Crippen molar-refractivity contribution < 1.29 is 13.6 Å². The molecule has 1 N–H and O–H groups in total. The fourth-order valence-corrected chi connectivity index (χ4v) is 2.96. The molecule has 25 heavy (non-hydrogen) atoms. The molecule has 1 aromatic heterocycles. The zero-order chi connectivity index (χ0) is 17.4. The maximum Gasteiger partial charge on any atom is 0.236 e. The third kappa shape index (κ3) is 2.80. The van der Waals surface area contributed by atoms with Crippen LogP contribution in [0.2, 0.25) is 0 Å². The van der Waals surface area contributed by atoms with E-state index in [1.165, 1.54) is 0 Å². The van der Waals surface area contributed by atoms with Gasteiger partial charge in [-0.3, -0.25) is 4.79 Å². The van der Waals surface area contributed by atoms with Crippen LogP contribution in [0.25, 0.3) is 5.69 Å². The number of amides is 1. The van der Waals surface area contributed by atoms with Crippen LogP contribution in [0.4, 0.5) is 14.6 Å². The molecule has 4 nitrogen and oxygen atoms in total. The molecule has 126 valence electrons. The number of halogens is 2. The van der Waals surface area contributed by atoms with Gasteiger partial charge in [0.15, 0.2) is 5.82 Å². The van der Waals surface area contributed by atoms with Crippen molar-refractivity contribution in [1.29, 1.82) is 0 Å². The summed E-state index contributed by atoms with van der Waals surface area (Å²) < 4.78 is 29.2. The van der Waals surface area contributed by atoms with E-state index in [2.05, 4.69) is 10.4 Å². The zero-order valence-corrected chi connectivity index (χ0v) is 13.2. The van der Waals surface area contributed by atoms with E-state index in [0.717, 1.165) is 23.9 Å². The summed E-state index contributed by atoms with van der Waals surface area (Å²) in [6.45, 7) is 0. The van der Waals surface area contributed by atoms with Crippen LogP contribution in [0.5, 0.6) is 0 Å². The second-order valence-corrected chi connectivity index (χ2v) is 6.14. The number of hydrogen-bond donors (Lipinski definition) is 1. The summed E-state index contributed by atoms with van der Waals surface area (Å²) in [5.41, 5.74) is -0.0456. The molecule has 0 unspecified atom stereocenters. The topological polar surface area (TPSA) is 46.9 Å². The first-order chi connectivity index (χ1) is 12.1. The van der Waals surface area contributed by atoms with Crippen LogP contribution in [0.1, 0.15) is 18.4 Å². The van der Waals surface area contributed by atoms with Gasteiger partial charge in [0.2, 0.25) is 5.91 Å². The van der Waals surface area contributed by atoms with E-state index in [-0.39, 0.29) is 11.5 Å². The Bertz CT molecular complexity index is 933. The first-order valence-corrected chi connectivity index (χ1v) is 7.97. The molecule has 1 aliphatic rings. The highest BCUT2D eigenvalue weighted by Crippen LogP contribution is 2.50. The fraction of sp³-hybridized carbons (Fsp3) is 0.158. The first kappa shape index (κ1) is 15.5. The molecule has 0 atom stereocenters. The molecule has 1 aliphatic carbocycles. The van der Waals surface area contributed by atoms with Gasteiger partial charge < -0.3 is 5.32 Å². The molecular weight excluding hydrogens is 324 g/mol. The van der Waals surface area contributed by atoms with E-state index >= 15 is 0 Å². The molecule has 0 bridgehead atoms. The smallest absolute Gasteiger partial charge is 0.236 e. The number of para-hydroxylation sites is 1. The normalized spacial score (nSPS) is 15.0. The Hall–Kier alpha value is -3.02. The van der Waals surface area contributed by atoms with E-state index in [1.54, 1.807) is 16.9 Å². The molecule has 1 saturated carbocycles. The Kier molecular flexibility index (Phi) is 3.60. The molecule has 0 saturated heterocycles. The van der Waals surface area contributed by atoms with Crippen molar-refractivity contribution in [2.24, 2.45) is 0 Å². The molecule has 3 aromatic rings. The number of nitrogens with zero attached hydrogens (tertiary/aromatic N) is 2. The van der Waals surface area contributed by atoms with E-state index < -0.39 is 17.0 Å². The lowest BCUT2D eigenvalue weighted by atomic mass is 9.94. The SMILES string of the molecule is O=C(Nc1ccn(-c2ccccc2)n1)C1(c2cc(F)ccc2F)CC1. The highest BCUT2D eigenvalue weighted by molar-refractivity contribution is 6.00. The number of nitrogens with one attached hydrogen (secondary N) is 1. The quantitative estimate of drug-likeness (QED) is 0.785. The van der Waals surface area contributed by atoms with E-state index in [9.17, 15) is 13.6 Å². The number of anilines is 1. The lowest BCUT2D eigenvalue weighted by Crippen LogP contribution is -2.29. The van der Waals surface area contributed by atoms with Crippen LogP contribution in [-0.4, -0.2) is 15.7 Å². The van der Waals surface area contributed by atoms with Crippen LogP contribution < -0.4 is 5.32 Å². The lowest BCUT2D eigenvalue weighted by Gasteiger charge is -2.15. The van der Waals surface area contributed by atoms with Crippen LogP contribution in [-0.2, 0) is 10.2 Å². The van der Waals surface area contributed by atoms with Crippen LogP contribution in [0.15, 0.2) is 60.8 Å². The maximum atomic E-state index is 14.1. The monoisotopic (exact) mass is 339 g/mol. The zero-order valence-electron chi connectivity index (χ0n) is 13.2. The van der Waals surface area contributed by atoms with Crippen molar-refractivity contribution in [3.8, 4) is 5.69 Å². The Morgan fingerprint density at radius 2 is 1.84 bits per heavy atom. The van der Waals surface area contributed by atoms with Crippen LogP contribution >= 0.6 is 0 Å².